The quantitative estimate of drug-likeness (QED) is 0.458. The lowest BCUT2D eigenvalue weighted by Gasteiger charge is -2.31. The minimum absolute atomic E-state index is 0.0893. The van der Waals surface area contributed by atoms with Crippen LogP contribution in [-0.2, 0) is 0 Å². The van der Waals surface area contributed by atoms with E-state index in [0.29, 0.717) is 30.4 Å². The molecule has 2 amide bonds. The second-order valence-corrected chi connectivity index (χ2v) is 7.59. The molecule has 0 bridgehead atoms. The van der Waals surface area contributed by atoms with E-state index >= 15 is 0 Å². The summed E-state index contributed by atoms with van der Waals surface area (Å²) in [7, 11) is 0. The molecule has 7 heteroatoms. The van der Waals surface area contributed by atoms with Crippen LogP contribution in [0, 0.1) is 23.0 Å². The van der Waals surface area contributed by atoms with Crippen molar-refractivity contribution in [2.75, 3.05) is 22.9 Å². The van der Waals surface area contributed by atoms with Gasteiger partial charge in [0.05, 0.1) is 21.7 Å². The van der Waals surface area contributed by atoms with Gasteiger partial charge >= 0.3 is 0 Å². The van der Waals surface area contributed by atoms with Gasteiger partial charge < -0.3 is 4.90 Å². The number of nitrogens with zero attached hydrogens (tertiary/aromatic N) is 3. The Morgan fingerprint density at radius 1 is 1.00 bits per heavy atom. The summed E-state index contributed by atoms with van der Waals surface area (Å²) in [6, 6.07) is 9.84. The molecule has 4 rings (SSSR count). The smallest absolute Gasteiger partial charge is 0.293 e. The summed E-state index contributed by atoms with van der Waals surface area (Å²) < 4.78 is 0. The third-order valence-corrected chi connectivity index (χ3v) is 5.59. The van der Waals surface area contributed by atoms with Gasteiger partial charge in [-0.2, -0.15) is 0 Å². The van der Waals surface area contributed by atoms with Crippen LogP contribution in [0.5, 0.6) is 0 Å². The molecule has 2 heterocycles. The fourth-order valence-electron chi connectivity index (χ4n) is 3.84. The number of fused-ring (bicyclic) bond motifs is 1. The van der Waals surface area contributed by atoms with E-state index in [1.807, 2.05) is 24.0 Å². The first-order valence-electron chi connectivity index (χ1n) is 9.39. The highest BCUT2D eigenvalue weighted by Crippen LogP contribution is 2.38. The molecule has 0 aliphatic carbocycles. The van der Waals surface area contributed by atoms with E-state index in [0.717, 1.165) is 23.3 Å². The molecule has 7 nitrogen and oxygen atoms in total. The summed E-state index contributed by atoms with van der Waals surface area (Å²) in [6.45, 7) is 5.48. The summed E-state index contributed by atoms with van der Waals surface area (Å²) >= 11 is 0. The summed E-state index contributed by atoms with van der Waals surface area (Å²) in [5.74, 6) is -0.388. The zero-order valence-electron chi connectivity index (χ0n) is 15.8. The highest BCUT2D eigenvalue weighted by molar-refractivity contribution is 6.35. The molecule has 0 saturated carbocycles. The second kappa shape index (κ2) is 6.74. The van der Waals surface area contributed by atoms with Crippen molar-refractivity contribution in [3.63, 3.8) is 0 Å². The molecular formula is C21H21N3O4. The van der Waals surface area contributed by atoms with Crippen LogP contribution in [0.2, 0.25) is 0 Å². The lowest BCUT2D eigenvalue weighted by molar-refractivity contribution is -0.384. The maximum absolute atomic E-state index is 13.0. The van der Waals surface area contributed by atoms with Crippen LogP contribution in [-0.4, -0.2) is 29.8 Å². The molecule has 28 heavy (non-hydrogen) atoms. The Labute approximate surface area is 162 Å². The van der Waals surface area contributed by atoms with Crippen LogP contribution < -0.4 is 9.80 Å². The molecule has 1 saturated heterocycles. The standard InChI is InChI=1S/C21H21N3O4/c1-13-3-5-15(6-4-13)23-20(25)16-11-18(22-9-7-14(2)8-10-22)19(24(27)28)12-17(16)21(23)26/h3-6,11-12,14H,7-10H2,1-2H3. The van der Waals surface area contributed by atoms with E-state index in [1.165, 1.54) is 12.1 Å². The predicted molar refractivity (Wildman–Crippen MR) is 106 cm³/mol. The number of piperidine rings is 1. The SMILES string of the molecule is Cc1ccc(N2C(=O)c3cc(N4CCC(C)CC4)c([N+](=O)[O-])cc3C2=O)cc1. The normalized spacial score (nSPS) is 17.2. The fourth-order valence-corrected chi connectivity index (χ4v) is 3.84. The number of carbonyl (C=O) groups is 2. The van der Waals surface area contributed by atoms with Crippen molar-refractivity contribution >= 4 is 28.9 Å². The largest absolute Gasteiger partial charge is 0.366 e. The number of benzene rings is 2. The minimum atomic E-state index is -0.522. The molecule has 0 spiro atoms. The molecular weight excluding hydrogens is 358 g/mol. The number of anilines is 2. The topological polar surface area (TPSA) is 83.8 Å². The van der Waals surface area contributed by atoms with Crippen molar-refractivity contribution in [1.29, 1.82) is 0 Å². The van der Waals surface area contributed by atoms with E-state index in [2.05, 4.69) is 6.92 Å². The fraction of sp³-hybridized carbons (Fsp3) is 0.333. The Bertz CT molecular complexity index is 976. The van der Waals surface area contributed by atoms with Gasteiger partial charge in [-0.1, -0.05) is 24.6 Å². The van der Waals surface area contributed by atoms with Gasteiger partial charge in [-0.3, -0.25) is 19.7 Å². The Kier molecular flexibility index (Phi) is 4.37. The van der Waals surface area contributed by atoms with E-state index in [-0.39, 0.29) is 16.8 Å². The van der Waals surface area contributed by atoms with Gasteiger partial charge in [0.2, 0.25) is 0 Å². The van der Waals surface area contributed by atoms with Gasteiger partial charge in [0, 0.05) is 19.2 Å². The summed E-state index contributed by atoms with van der Waals surface area (Å²) in [5, 5.41) is 11.7. The summed E-state index contributed by atoms with van der Waals surface area (Å²) in [6.07, 6.45) is 1.88. The van der Waals surface area contributed by atoms with E-state index < -0.39 is 16.7 Å². The predicted octanol–water partition coefficient (Wildman–Crippen LogP) is 3.94. The van der Waals surface area contributed by atoms with Crippen molar-refractivity contribution in [3.05, 3.63) is 63.2 Å². The van der Waals surface area contributed by atoms with E-state index in [4.69, 9.17) is 0 Å². The summed E-state index contributed by atoms with van der Waals surface area (Å²) in [5.41, 5.74) is 2.09. The molecule has 1 fully saturated rings. The van der Waals surface area contributed by atoms with Gasteiger partial charge in [0.15, 0.2) is 0 Å². The summed E-state index contributed by atoms with van der Waals surface area (Å²) in [4.78, 5) is 40.1. The number of nitro groups is 1. The van der Waals surface area contributed by atoms with Crippen LogP contribution in [0.15, 0.2) is 36.4 Å². The Balaban J connectivity index is 1.77. The first-order valence-corrected chi connectivity index (χ1v) is 9.39. The van der Waals surface area contributed by atoms with Gasteiger partial charge in [-0.15, -0.1) is 0 Å². The number of rotatable bonds is 3. The second-order valence-electron chi connectivity index (χ2n) is 7.59. The molecule has 2 aliphatic heterocycles. The molecule has 2 aliphatic rings. The molecule has 0 atom stereocenters. The average Bonchev–Trinajstić information content (AvgIpc) is 2.92. The highest BCUT2D eigenvalue weighted by Gasteiger charge is 2.40. The van der Waals surface area contributed by atoms with Crippen LogP contribution in [0.3, 0.4) is 0 Å². The minimum Gasteiger partial charge on any atom is -0.366 e. The van der Waals surface area contributed by atoms with E-state index in [9.17, 15) is 19.7 Å². The van der Waals surface area contributed by atoms with Crippen molar-refractivity contribution < 1.29 is 14.5 Å². The number of nitro benzene ring substituents is 1. The zero-order chi connectivity index (χ0) is 20.0. The van der Waals surface area contributed by atoms with Gasteiger partial charge in [-0.25, -0.2) is 4.90 Å². The van der Waals surface area contributed by atoms with Crippen LogP contribution in [0.25, 0.3) is 0 Å². The molecule has 0 N–H and O–H groups in total. The lowest BCUT2D eigenvalue weighted by Crippen LogP contribution is -2.33. The molecule has 0 aromatic heterocycles. The van der Waals surface area contributed by atoms with Crippen LogP contribution in [0.4, 0.5) is 17.1 Å². The first kappa shape index (κ1) is 18.2. The van der Waals surface area contributed by atoms with Crippen LogP contribution >= 0.6 is 0 Å². The monoisotopic (exact) mass is 379 g/mol. The Morgan fingerprint density at radius 2 is 1.57 bits per heavy atom. The number of imide groups is 1. The number of hydrogen-bond donors (Lipinski definition) is 0. The van der Waals surface area contributed by atoms with Crippen molar-refractivity contribution in [2.24, 2.45) is 5.92 Å². The van der Waals surface area contributed by atoms with Crippen LogP contribution in [0.1, 0.15) is 46.0 Å². The van der Waals surface area contributed by atoms with Crippen molar-refractivity contribution in [3.8, 4) is 0 Å². The highest BCUT2D eigenvalue weighted by atomic mass is 16.6. The van der Waals surface area contributed by atoms with Gasteiger partial charge in [-0.05, 0) is 43.9 Å². The number of amides is 2. The van der Waals surface area contributed by atoms with Crippen molar-refractivity contribution in [1.82, 2.24) is 0 Å². The molecule has 0 unspecified atom stereocenters. The zero-order valence-corrected chi connectivity index (χ0v) is 15.8. The number of aryl methyl sites for hydroxylation is 1. The molecule has 2 aromatic carbocycles. The van der Waals surface area contributed by atoms with Gasteiger partial charge in [0.25, 0.3) is 17.5 Å². The average molecular weight is 379 g/mol. The van der Waals surface area contributed by atoms with Gasteiger partial charge in [0.1, 0.15) is 5.69 Å². The first-order chi connectivity index (χ1) is 13.4. The van der Waals surface area contributed by atoms with E-state index in [1.54, 1.807) is 12.1 Å². The Morgan fingerprint density at radius 3 is 2.14 bits per heavy atom. The lowest BCUT2D eigenvalue weighted by atomic mass is 9.97. The molecule has 144 valence electrons. The number of carbonyl (C=O) groups excluding carboxylic acids is 2. The number of hydrogen-bond acceptors (Lipinski definition) is 5. The Hall–Kier alpha value is -3.22. The van der Waals surface area contributed by atoms with Crippen molar-refractivity contribution in [2.45, 2.75) is 26.7 Å². The molecule has 2 aromatic rings. The third-order valence-electron chi connectivity index (χ3n) is 5.59. The maximum Gasteiger partial charge on any atom is 0.293 e. The third kappa shape index (κ3) is 2.93. The molecule has 0 radical (unpaired) electrons. The maximum atomic E-state index is 13.0.